The first-order chi connectivity index (χ1) is 9.25. The van der Waals surface area contributed by atoms with Crippen LogP contribution in [0.2, 0.25) is 0 Å². The maximum Gasteiger partial charge on any atom is 0 e. The molecule has 0 atom stereocenters. The van der Waals surface area contributed by atoms with E-state index in [2.05, 4.69) is 53.3 Å². The van der Waals surface area contributed by atoms with Crippen molar-refractivity contribution in [2.24, 2.45) is 0 Å². The average Bonchev–Trinajstić information content (AvgIpc) is 2.39. The first-order valence-corrected chi connectivity index (χ1v) is 15.9. The maximum absolute atomic E-state index is 6.00. The van der Waals surface area contributed by atoms with Crippen LogP contribution in [-0.2, 0) is 17.4 Å². The van der Waals surface area contributed by atoms with E-state index in [0.29, 0.717) is 31.7 Å². The molecule has 0 rings (SSSR count). The molecule has 0 aliphatic carbocycles. The van der Waals surface area contributed by atoms with Gasteiger partial charge in [-0.1, -0.05) is 0 Å². The van der Waals surface area contributed by atoms with Crippen molar-refractivity contribution in [3.05, 3.63) is 0 Å². The molecule has 0 N–H and O–H groups in total. The van der Waals surface area contributed by atoms with Gasteiger partial charge in [0.2, 0.25) is 0 Å². The van der Waals surface area contributed by atoms with Crippen molar-refractivity contribution >= 4 is 31.7 Å². The molecule has 0 aromatic rings. The Morgan fingerprint density at radius 3 is 0.571 bits per heavy atom. The van der Waals surface area contributed by atoms with E-state index in [-0.39, 0.29) is 17.4 Å². The van der Waals surface area contributed by atoms with E-state index >= 15 is 0 Å². The molecular weight excluding hydrogens is 376 g/mol. The summed E-state index contributed by atoms with van der Waals surface area (Å²) in [6.45, 7) is 18.8. The molecule has 0 fully saturated rings. The minimum absolute atomic E-state index is 0. The van der Waals surface area contributed by atoms with Gasteiger partial charge in [0.05, 0.1) is 0 Å². The first kappa shape index (κ1) is 33.6. The largest absolute Gasteiger partial charge is 0.113 e. The van der Waals surface area contributed by atoms with Crippen LogP contribution in [-0.4, -0.2) is 78.0 Å². The van der Waals surface area contributed by atoms with Crippen LogP contribution < -0.4 is 0 Å². The van der Waals surface area contributed by atoms with Gasteiger partial charge in [-0.3, -0.25) is 0 Å². The zero-order valence-corrected chi connectivity index (χ0v) is 19.7. The standard InChI is InChI=1S/2C6H16P2.Cr.2N2/c2*1-7(2)5-6-8(3)4;;2*1-2/h2*5-6H2,1-4H3;;;. The summed E-state index contributed by atoms with van der Waals surface area (Å²) in [4.78, 5) is 0. The fourth-order valence-electron chi connectivity index (χ4n) is 0.800. The molecule has 0 radical (unpaired) electrons. The molecule has 0 amide bonds. The van der Waals surface area contributed by atoms with Crippen molar-refractivity contribution < 1.29 is 17.4 Å². The molecular formula is C12H32CrN4P4. The fourth-order valence-corrected chi connectivity index (χ4v) is 7.20. The SMILES string of the molecule is CP(C)CCP(C)C.CP(C)CCP(C)C.N#N.N#N.[Cr]. The zero-order chi connectivity index (χ0) is 17.1. The van der Waals surface area contributed by atoms with Crippen molar-refractivity contribution in [3.8, 4) is 0 Å². The molecule has 0 spiro atoms. The average molecular weight is 408 g/mol. The molecule has 0 aromatic carbocycles. The second-order valence-corrected chi connectivity index (χ2v) is 15.6. The summed E-state index contributed by atoms with van der Waals surface area (Å²) in [5, 5.41) is 24.0. The van der Waals surface area contributed by atoms with Crippen LogP contribution in [0.25, 0.3) is 0 Å². The Kier molecular flexibility index (Phi) is 46.7. The van der Waals surface area contributed by atoms with E-state index in [1.54, 1.807) is 0 Å². The van der Waals surface area contributed by atoms with E-state index in [4.69, 9.17) is 21.6 Å². The molecule has 4 nitrogen and oxygen atoms in total. The topological polar surface area (TPSA) is 95.2 Å². The van der Waals surface area contributed by atoms with E-state index in [0.717, 1.165) is 0 Å². The third-order valence-corrected chi connectivity index (χ3v) is 7.17. The molecule has 0 heterocycles. The van der Waals surface area contributed by atoms with Crippen molar-refractivity contribution in [2.45, 2.75) is 0 Å². The zero-order valence-electron chi connectivity index (χ0n) is 14.8. The van der Waals surface area contributed by atoms with Gasteiger partial charge in [-0.2, -0.15) is 0 Å². The Morgan fingerprint density at radius 1 is 0.429 bits per heavy atom. The Labute approximate surface area is 148 Å². The van der Waals surface area contributed by atoms with Crippen molar-refractivity contribution in [3.63, 3.8) is 0 Å². The molecule has 126 valence electrons. The molecule has 9 heteroatoms. The maximum atomic E-state index is 6.00. The van der Waals surface area contributed by atoms with Gasteiger partial charge in [-0.05, 0) is 78.0 Å². The molecule has 0 aliphatic heterocycles. The number of hydrogen-bond acceptors (Lipinski definition) is 4. The fraction of sp³-hybridized carbons (Fsp3) is 1.00. The van der Waals surface area contributed by atoms with E-state index in [1.807, 2.05) is 0 Å². The Balaban J connectivity index is -0.0000000630. The van der Waals surface area contributed by atoms with Gasteiger partial charge in [0.25, 0.3) is 0 Å². The molecule has 0 unspecified atom stereocenters. The van der Waals surface area contributed by atoms with Crippen LogP contribution in [0.15, 0.2) is 0 Å². The summed E-state index contributed by atoms with van der Waals surface area (Å²) in [7, 11) is 1.53. The van der Waals surface area contributed by atoms with Gasteiger partial charge >= 0.3 is 0 Å². The third-order valence-electron chi connectivity index (χ3n) is 1.99. The van der Waals surface area contributed by atoms with Crippen LogP contribution in [0.1, 0.15) is 0 Å². The molecule has 0 saturated heterocycles. The molecule has 21 heavy (non-hydrogen) atoms. The molecule has 0 bridgehead atoms. The van der Waals surface area contributed by atoms with Crippen LogP contribution in [0.3, 0.4) is 0 Å². The smallest absolute Gasteiger partial charge is 0 e. The third kappa shape index (κ3) is 62.5. The predicted octanol–water partition coefficient (Wildman–Crippen LogP) is 5.00. The van der Waals surface area contributed by atoms with Crippen molar-refractivity contribution in [1.82, 2.24) is 0 Å². The van der Waals surface area contributed by atoms with Gasteiger partial charge in [-0.15, -0.1) is 31.7 Å². The van der Waals surface area contributed by atoms with Gasteiger partial charge < -0.3 is 0 Å². The van der Waals surface area contributed by atoms with E-state index in [1.165, 1.54) is 24.6 Å². The van der Waals surface area contributed by atoms with Crippen LogP contribution in [0.5, 0.6) is 0 Å². The summed E-state index contributed by atoms with van der Waals surface area (Å²) in [6.07, 6.45) is 5.92. The molecule has 0 saturated carbocycles. The quantitative estimate of drug-likeness (QED) is 0.457. The van der Waals surface area contributed by atoms with Crippen LogP contribution in [0, 0.1) is 21.6 Å². The van der Waals surface area contributed by atoms with Gasteiger partial charge in [0.1, 0.15) is 0 Å². The second kappa shape index (κ2) is 29.1. The minimum atomic E-state index is 0. The minimum Gasteiger partial charge on any atom is -0.113 e. The summed E-state index contributed by atoms with van der Waals surface area (Å²) >= 11 is 0. The van der Waals surface area contributed by atoms with Gasteiger partial charge in [0.15, 0.2) is 0 Å². The Hall–Kier alpha value is 1.09. The summed E-state index contributed by atoms with van der Waals surface area (Å²) in [5.74, 6) is 0. The van der Waals surface area contributed by atoms with Crippen molar-refractivity contribution in [2.75, 3.05) is 78.0 Å². The van der Waals surface area contributed by atoms with E-state index in [9.17, 15) is 0 Å². The monoisotopic (exact) mass is 408 g/mol. The molecule has 0 aromatic heterocycles. The Bertz CT molecular complexity index is 174. The van der Waals surface area contributed by atoms with E-state index < -0.39 is 0 Å². The van der Waals surface area contributed by atoms with Crippen molar-refractivity contribution in [1.29, 1.82) is 21.6 Å². The van der Waals surface area contributed by atoms with Crippen LogP contribution >= 0.6 is 31.7 Å². The molecule has 0 aliphatic rings. The second-order valence-electron chi connectivity index (χ2n) is 5.21. The normalized spacial score (nSPS) is 8.76. The number of nitrogens with zero attached hydrogens (tertiary/aromatic N) is 4. The first-order valence-electron chi connectivity index (χ1n) is 6.24. The summed E-state index contributed by atoms with van der Waals surface area (Å²) in [6, 6.07) is 0. The van der Waals surface area contributed by atoms with Crippen LogP contribution in [0.4, 0.5) is 0 Å². The Morgan fingerprint density at radius 2 is 0.524 bits per heavy atom. The summed E-state index contributed by atoms with van der Waals surface area (Å²) in [5.41, 5.74) is 0. The number of rotatable bonds is 6. The van der Waals surface area contributed by atoms with Gasteiger partial charge in [-0.25, -0.2) is 0 Å². The predicted molar refractivity (Wildman–Crippen MR) is 101 cm³/mol. The number of hydrogen-bond donors (Lipinski definition) is 0. The summed E-state index contributed by atoms with van der Waals surface area (Å²) < 4.78 is 0. The van der Waals surface area contributed by atoms with Gasteiger partial charge in [0, 0.05) is 38.9 Å².